The lowest BCUT2D eigenvalue weighted by molar-refractivity contribution is -0.145. The van der Waals surface area contributed by atoms with Gasteiger partial charge in [-0.25, -0.2) is 0 Å². The average molecular weight is 205 g/mol. The standard InChI is InChI=1S/C7H9ClN2O3/c8-2-1-7(13)10-3-5(11)9-6(12)4-10/h1-4H2,(H,9,11,12). The van der Waals surface area contributed by atoms with Crippen LogP contribution < -0.4 is 5.32 Å². The zero-order valence-electron chi connectivity index (χ0n) is 6.88. The molecule has 1 aliphatic heterocycles. The zero-order chi connectivity index (χ0) is 9.84. The number of piperazine rings is 1. The molecule has 0 aromatic carbocycles. The SMILES string of the molecule is O=C1CN(C(=O)CCCl)CC(=O)N1. The van der Waals surface area contributed by atoms with Crippen molar-refractivity contribution in [2.24, 2.45) is 0 Å². The summed E-state index contributed by atoms with van der Waals surface area (Å²) in [6.07, 6.45) is 0.155. The van der Waals surface area contributed by atoms with E-state index in [4.69, 9.17) is 11.6 Å². The minimum absolute atomic E-state index is 0.0541. The van der Waals surface area contributed by atoms with Gasteiger partial charge in [-0.05, 0) is 0 Å². The van der Waals surface area contributed by atoms with E-state index >= 15 is 0 Å². The van der Waals surface area contributed by atoms with Gasteiger partial charge in [0.05, 0.1) is 0 Å². The summed E-state index contributed by atoms with van der Waals surface area (Å²) in [6, 6.07) is 0. The molecule has 13 heavy (non-hydrogen) atoms. The van der Waals surface area contributed by atoms with E-state index in [1.165, 1.54) is 4.90 Å². The van der Waals surface area contributed by atoms with Gasteiger partial charge in [0, 0.05) is 12.3 Å². The molecule has 1 N–H and O–H groups in total. The normalized spacial score (nSPS) is 17.2. The molecule has 1 fully saturated rings. The number of amides is 3. The van der Waals surface area contributed by atoms with Crippen molar-refractivity contribution >= 4 is 29.3 Å². The number of carbonyl (C=O) groups is 3. The summed E-state index contributed by atoms with van der Waals surface area (Å²) in [4.78, 5) is 34.1. The number of rotatable bonds is 2. The Kier molecular flexibility index (Phi) is 3.25. The van der Waals surface area contributed by atoms with E-state index in [2.05, 4.69) is 5.32 Å². The molecular formula is C7H9ClN2O3. The number of halogens is 1. The molecule has 0 saturated carbocycles. The number of imide groups is 1. The first-order chi connectivity index (χ1) is 6.13. The van der Waals surface area contributed by atoms with E-state index in [0.717, 1.165) is 0 Å². The van der Waals surface area contributed by atoms with Crippen LogP contribution in [0.1, 0.15) is 6.42 Å². The fourth-order valence-corrected chi connectivity index (χ4v) is 1.21. The lowest BCUT2D eigenvalue weighted by Crippen LogP contribution is -2.53. The molecule has 6 heteroatoms. The molecule has 0 spiro atoms. The molecule has 1 saturated heterocycles. The highest BCUT2D eigenvalue weighted by atomic mass is 35.5. The summed E-state index contributed by atoms with van der Waals surface area (Å²) in [5.41, 5.74) is 0. The highest BCUT2D eigenvalue weighted by molar-refractivity contribution is 6.19. The van der Waals surface area contributed by atoms with E-state index in [0.29, 0.717) is 0 Å². The van der Waals surface area contributed by atoms with E-state index in [9.17, 15) is 14.4 Å². The molecule has 0 unspecified atom stereocenters. The molecule has 0 aliphatic carbocycles. The Bertz CT molecular complexity index is 238. The third kappa shape index (κ3) is 2.69. The summed E-state index contributed by atoms with van der Waals surface area (Å²) in [7, 11) is 0. The molecule has 5 nitrogen and oxygen atoms in total. The molecular weight excluding hydrogens is 196 g/mol. The molecule has 1 aliphatic rings. The molecule has 1 heterocycles. The Morgan fingerprint density at radius 1 is 1.38 bits per heavy atom. The number of hydrogen-bond acceptors (Lipinski definition) is 3. The number of alkyl halides is 1. The van der Waals surface area contributed by atoms with Crippen LogP contribution >= 0.6 is 11.6 Å². The summed E-state index contributed by atoms with van der Waals surface area (Å²) >= 11 is 5.36. The smallest absolute Gasteiger partial charge is 0.246 e. The van der Waals surface area contributed by atoms with Crippen LogP contribution in [-0.2, 0) is 14.4 Å². The van der Waals surface area contributed by atoms with Gasteiger partial charge in [0.25, 0.3) is 0 Å². The van der Waals surface area contributed by atoms with Gasteiger partial charge in [0.1, 0.15) is 13.1 Å². The Morgan fingerprint density at radius 3 is 2.38 bits per heavy atom. The van der Waals surface area contributed by atoms with Gasteiger partial charge in [-0.1, -0.05) is 0 Å². The van der Waals surface area contributed by atoms with Gasteiger partial charge < -0.3 is 4.90 Å². The van der Waals surface area contributed by atoms with Gasteiger partial charge in [0.2, 0.25) is 17.7 Å². The Hall–Kier alpha value is -1.10. The molecule has 0 radical (unpaired) electrons. The Labute approximate surface area is 80.0 Å². The van der Waals surface area contributed by atoms with Crippen LogP contribution in [0, 0.1) is 0 Å². The van der Waals surface area contributed by atoms with Crippen molar-refractivity contribution in [1.29, 1.82) is 0 Å². The van der Waals surface area contributed by atoms with Crippen LogP contribution in [-0.4, -0.2) is 41.6 Å². The van der Waals surface area contributed by atoms with Crippen molar-refractivity contribution < 1.29 is 14.4 Å². The lowest BCUT2D eigenvalue weighted by atomic mass is 10.3. The quantitative estimate of drug-likeness (QED) is 0.468. The summed E-state index contributed by atoms with van der Waals surface area (Å²) in [6.45, 7) is -0.108. The first-order valence-electron chi connectivity index (χ1n) is 3.80. The van der Waals surface area contributed by atoms with Crippen LogP contribution in [0.15, 0.2) is 0 Å². The van der Waals surface area contributed by atoms with Gasteiger partial charge in [-0.3, -0.25) is 19.7 Å². The van der Waals surface area contributed by atoms with Gasteiger partial charge in [-0.2, -0.15) is 0 Å². The van der Waals surface area contributed by atoms with Crippen LogP contribution in [0.4, 0.5) is 0 Å². The average Bonchev–Trinajstić information content (AvgIpc) is 2.03. The predicted molar refractivity (Wildman–Crippen MR) is 45.1 cm³/mol. The number of nitrogens with one attached hydrogen (secondary N) is 1. The Morgan fingerprint density at radius 2 is 1.92 bits per heavy atom. The molecule has 0 atom stereocenters. The van der Waals surface area contributed by atoms with Crippen LogP contribution in [0.25, 0.3) is 0 Å². The second kappa shape index (κ2) is 4.23. The van der Waals surface area contributed by atoms with Crippen molar-refractivity contribution in [2.75, 3.05) is 19.0 Å². The number of hydrogen-bond donors (Lipinski definition) is 1. The zero-order valence-corrected chi connectivity index (χ0v) is 7.63. The number of nitrogens with zero attached hydrogens (tertiary/aromatic N) is 1. The maximum absolute atomic E-state index is 11.2. The predicted octanol–water partition coefficient (Wildman–Crippen LogP) is -0.900. The van der Waals surface area contributed by atoms with Gasteiger partial charge >= 0.3 is 0 Å². The van der Waals surface area contributed by atoms with Crippen molar-refractivity contribution in [3.8, 4) is 0 Å². The molecule has 1 rings (SSSR count). The minimum Gasteiger partial charge on any atom is -0.324 e. The second-order valence-corrected chi connectivity index (χ2v) is 3.04. The first-order valence-corrected chi connectivity index (χ1v) is 4.33. The minimum atomic E-state index is -0.445. The van der Waals surface area contributed by atoms with E-state index in [1.807, 2.05) is 0 Å². The molecule has 3 amide bonds. The van der Waals surface area contributed by atoms with Crippen molar-refractivity contribution in [1.82, 2.24) is 10.2 Å². The highest BCUT2D eigenvalue weighted by Crippen LogP contribution is 1.99. The Balaban J connectivity index is 2.54. The van der Waals surface area contributed by atoms with Gasteiger partial charge in [-0.15, -0.1) is 11.6 Å². The molecule has 0 aromatic rings. The number of carbonyl (C=O) groups excluding carboxylic acids is 3. The van der Waals surface area contributed by atoms with Crippen molar-refractivity contribution in [2.45, 2.75) is 6.42 Å². The maximum Gasteiger partial charge on any atom is 0.246 e. The largest absolute Gasteiger partial charge is 0.324 e. The third-order valence-electron chi connectivity index (χ3n) is 1.61. The summed E-state index contributed by atoms with van der Waals surface area (Å²) in [5, 5.41) is 2.10. The van der Waals surface area contributed by atoms with Crippen LogP contribution in [0.3, 0.4) is 0 Å². The topological polar surface area (TPSA) is 66.5 Å². The second-order valence-electron chi connectivity index (χ2n) is 2.66. The van der Waals surface area contributed by atoms with Crippen LogP contribution in [0.2, 0.25) is 0 Å². The fraction of sp³-hybridized carbons (Fsp3) is 0.571. The fourth-order valence-electron chi connectivity index (χ4n) is 1.05. The third-order valence-corrected chi connectivity index (χ3v) is 1.80. The lowest BCUT2D eigenvalue weighted by Gasteiger charge is -2.25. The first kappa shape index (κ1) is 9.98. The van der Waals surface area contributed by atoms with Crippen LogP contribution in [0.5, 0.6) is 0 Å². The van der Waals surface area contributed by atoms with Gasteiger partial charge in [0.15, 0.2) is 0 Å². The maximum atomic E-state index is 11.2. The summed E-state index contributed by atoms with van der Waals surface area (Å²) in [5.74, 6) is -0.956. The van der Waals surface area contributed by atoms with E-state index in [1.54, 1.807) is 0 Å². The van der Waals surface area contributed by atoms with Crippen molar-refractivity contribution in [3.05, 3.63) is 0 Å². The van der Waals surface area contributed by atoms with E-state index in [-0.39, 0.29) is 31.3 Å². The molecule has 72 valence electrons. The monoisotopic (exact) mass is 204 g/mol. The highest BCUT2D eigenvalue weighted by Gasteiger charge is 2.25. The van der Waals surface area contributed by atoms with E-state index < -0.39 is 11.8 Å². The summed E-state index contributed by atoms with van der Waals surface area (Å²) < 4.78 is 0. The molecule has 0 bridgehead atoms. The molecule has 0 aromatic heterocycles. The van der Waals surface area contributed by atoms with Crippen molar-refractivity contribution in [3.63, 3.8) is 0 Å².